The van der Waals surface area contributed by atoms with Gasteiger partial charge in [-0.3, -0.25) is 14.4 Å². The van der Waals surface area contributed by atoms with Gasteiger partial charge < -0.3 is 5.73 Å². The SMILES string of the molecule is Cn1cc(CN)c(NS(=O)(=O)CCc2ccncc2)n1. The Bertz CT molecular complexity index is 666. The molecule has 7 nitrogen and oxygen atoms in total. The summed E-state index contributed by atoms with van der Waals surface area (Å²) in [5.41, 5.74) is 7.14. The van der Waals surface area contributed by atoms with Crippen molar-refractivity contribution in [3.63, 3.8) is 0 Å². The molecule has 108 valence electrons. The number of aromatic nitrogens is 3. The summed E-state index contributed by atoms with van der Waals surface area (Å²) in [5, 5.41) is 4.06. The predicted octanol–water partition coefficient (Wildman–Crippen LogP) is 0.258. The molecule has 0 bridgehead atoms. The lowest BCUT2D eigenvalue weighted by atomic mass is 10.2. The van der Waals surface area contributed by atoms with Crippen LogP contribution in [0.5, 0.6) is 0 Å². The van der Waals surface area contributed by atoms with Crippen LogP contribution < -0.4 is 10.5 Å². The van der Waals surface area contributed by atoms with E-state index in [-0.39, 0.29) is 12.3 Å². The summed E-state index contributed by atoms with van der Waals surface area (Å²) < 4.78 is 28.1. The van der Waals surface area contributed by atoms with Crippen molar-refractivity contribution in [1.29, 1.82) is 0 Å². The highest BCUT2D eigenvalue weighted by atomic mass is 32.2. The van der Waals surface area contributed by atoms with Gasteiger partial charge in [0.1, 0.15) is 0 Å². The smallest absolute Gasteiger partial charge is 0.234 e. The molecule has 0 unspecified atom stereocenters. The molecule has 2 aromatic rings. The van der Waals surface area contributed by atoms with Crippen molar-refractivity contribution in [2.75, 3.05) is 10.5 Å². The van der Waals surface area contributed by atoms with E-state index in [2.05, 4.69) is 14.8 Å². The van der Waals surface area contributed by atoms with E-state index in [1.807, 2.05) is 0 Å². The highest BCUT2D eigenvalue weighted by molar-refractivity contribution is 7.92. The quantitative estimate of drug-likeness (QED) is 0.795. The van der Waals surface area contributed by atoms with E-state index in [0.29, 0.717) is 17.8 Å². The van der Waals surface area contributed by atoms with E-state index >= 15 is 0 Å². The standard InChI is InChI=1S/C12H17N5O2S/c1-17-9-11(8-13)12(15-17)16-20(18,19)7-4-10-2-5-14-6-3-10/h2-3,5-6,9H,4,7-8,13H2,1H3,(H,15,16). The molecule has 8 heteroatoms. The molecule has 3 N–H and O–H groups in total. The maximum absolute atomic E-state index is 12.0. The lowest BCUT2D eigenvalue weighted by Crippen LogP contribution is -2.19. The highest BCUT2D eigenvalue weighted by Crippen LogP contribution is 2.14. The van der Waals surface area contributed by atoms with Crippen LogP contribution in [0.3, 0.4) is 0 Å². The zero-order chi connectivity index (χ0) is 14.6. The van der Waals surface area contributed by atoms with Gasteiger partial charge in [0.15, 0.2) is 5.82 Å². The summed E-state index contributed by atoms with van der Waals surface area (Å²) in [6, 6.07) is 3.59. The summed E-state index contributed by atoms with van der Waals surface area (Å²) >= 11 is 0. The zero-order valence-corrected chi connectivity index (χ0v) is 12.0. The molecule has 0 aliphatic heterocycles. The molecular weight excluding hydrogens is 278 g/mol. The van der Waals surface area contributed by atoms with Gasteiger partial charge in [0.2, 0.25) is 10.0 Å². The molecule has 0 saturated carbocycles. The van der Waals surface area contributed by atoms with Crippen LogP contribution in [0.1, 0.15) is 11.1 Å². The topological polar surface area (TPSA) is 103 Å². The number of nitrogens with zero attached hydrogens (tertiary/aromatic N) is 3. The molecule has 0 aliphatic carbocycles. The highest BCUT2D eigenvalue weighted by Gasteiger charge is 2.15. The Hall–Kier alpha value is -1.93. The first-order valence-electron chi connectivity index (χ1n) is 6.12. The van der Waals surface area contributed by atoms with E-state index in [9.17, 15) is 8.42 Å². The van der Waals surface area contributed by atoms with Crippen molar-refractivity contribution in [3.8, 4) is 0 Å². The number of nitrogens with two attached hydrogens (primary N) is 1. The summed E-state index contributed by atoms with van der Waals surface area (Å²) in [4.78, 5) is 3.89. The number of rotatable bonds is 6. The molecule has 0 saturated heterocycles. The molecule has 20 heavy (non-hydrogen) atoms. The number of anilines is 1. The number of aryl methyl sites for hydroxylation is 2. The van der Waals surface area contributed by atoms with Gasteiger partial charge in [-0.2, -0.15) is 5.10 Å². The van der Waals surface area contributed by atoms with E-state index in [4.69, 9.17) is 5.73 Å². The molecule has 0 spiro atoms. The van der Waals surface area contributed by atoms with Crippen LogP contribution in [0.15, 0.2) is 30.7 Å². The molecule has 2 rings (SSSR count). The van der Waals surface area contributed by atoms with Crippen molar-refractivity contribution in [3.05, 3.63) is 41.9 Å². The molecule has 0 radical (unpaired) electrons. The Morgan fingerprint density at radius 1 is 1.35 bits per heavy atom. The van der Waals surface area contributed by atoms with Gasteiger partial charge in [0.05, 0.1) is 5.75 Å². The molecular formula is C12H17N5O2S. The minimum Gasteiger partial charge on any atom is -0.326 e. The molecule has 0 aromatic carbocycles. The Morgan fingerprint density at radius 3 is 2.70 bits per heavy atom. The van der Waals surface area contributed by atoms with Crippen molar-refractivity contribution >= 4 is 15.8 Å². The minimum absolute atomic E-state index is 0.0163. The van der Waals surface area contributed by atoms with Crippen molar-refractivity contribution in [2.45, 2.75) is 13.0 Å². The summed E-state index contributed by atoms with van der Waals surface area (Å²) in [6.07, 6.45) is 5.39. The van der Waals surface area contributed by atoms with Crippen LogP contribution in [0, 0.1) is 0 Å². The summed E-state index contributed by atoms with van der Waals surface area (Å²) in [7, 11) is -1.74. The van der Waals surface area contributed by atoms with Crippen LogP contribution in [0.25, 0.3) is 0 Å². The monoisotopic (exact) mass is 295 g/mol. The lowest BCUT2D eigenvalue weighted by molar-refractivity contribution is 0.600. The van der Waals surface area contributed by atoms with Crippen LogP contribution >= 0.6 is 0 Å². The number of hydrogen-bond acceptors (Lipinski definition) is 5. The Kier molecular flexibility index (Phi) is 4.35. The van der Waals surface area contributed by atoms with Crippen LogP contribution in [-0.4, -0.2) is 28.9 Å². The maximum atomic E-state index is 12.0. The third kappa shape index (κ3) is 3.78. The van der Waals surface area contributed by atoms with Crippen LogP contribution in [-0.2, 0) is 30.0 Å². The average Bonchev–Trinajstić information content (AvgIpc) is 2.77. The molecule has 0 atom stereocenters. The number of hydrogen-bond donors (Lipinski definition) is 2. The van der Waals surface area contributed by atoms with Gasteiger partial charge in [-0.1, -0.05) is 0 Å². The first-order chi connectivity index (χ1) is 9.50. The average molecular weight is 295 g/mol. The first kappa shape index (κ1) is 14.5. The lowest BCUT2D eigenvalue weighted by Gasteiger charge is -2.06. The van der Waals surface area contributed by atoms with Gasteiger partial charge in [-0.25, -0.2) is 8.42 Å². The van der Waals surface area contributed by atoms with Gasteiger partial charge in [0, 0.05) is 37.7 Å². The van der Waals surface area contributed by atoms with E-state index in [1.165, 1.54) is 4.68 Å². The number of nitrogens with one attached hydrogen (secondary N) is 1. The van der Waals surface area contributed by atoms with Crippen molar-refractivity contribution in [1.82, 2.24) is 14.8 Å². The molecule has 0 fully saturated rings. The molecule has 0 amide bonds. The Morgan fingerprint density at radius 2 is 2.05 bits per heavy atom. The third-order valence-corrected chi connectivity index (χ3v) is 4.03. The fraction of sp³-hybridized carbons (Fsp3) is 0.333. The maximum Gasteiger partial charge on any atom is 0.234 e. The first-order valence-corrected chi connectivity index (χ1v) is 7.77. The van der Waals surface area contributed by atoms with Gasteiger partial charge in [0.25, 0.3) is 0 Å². The Labute approximate surface area is 117 Å². The van der Waals surface area contributed by atoms with Crippen molar-refractivity contribution in [2.24, 2.45) is 12.8 Å². The number of sulfonamides is 1. The fourth-order valence-electron chi connectivity index (χ4n) is 1.77. The molecule has 0 aliphatic rings. The van der Waals surface area contributed by atoms with Crippen molar-refractivity contribution < 1.29 is 8.42 Å². The van der Waals surface area contributed by atoms with E-state index in [1.54, 1.807) is 37.8 Å². The fourth-order valence-corrected chi connectivity index (χ4v) is 2.85. The normalized spacial score (nSPS) is 11.5. The second kappa shape index (κ2) is 6.02. The van der Waals surface area contributed by atoms with Gasteiger partial charge in [-0.15, -0.1) is 0 Å². The zero-order valence-electron chi connectivity index (χ0n) is 11.2. The van der Waals surface area contributed by atoms with E-state index in [0.717, 1.165) is 5.56 Å². The second-order valence-corrected chi connectivity index (χ2v) is 6.25. The number of pyridine rings is 1. The summed E-state index contributed by atoms with van der Waals surface area (Å²) in [6.45, 7) is 0.232. The second-order valence-electron chi connectivity index (χ2n) is 4.41. The summed E-state index contributed by atoms with van der Waals surface area (Å²) in [5.74, 6) is 0.280. The Balaban J connectivity index is 2.04. The third-order valence-electron chi connectivity index (χ3n) is 2.79. The van der Waals surface area contributed by atoms with Gasteiger partial charge >= 0.3 is 0 Å². The molecule has 2 aromatic heterocycles. The van der Waals surface area contributed by atoms with Crippen LogP contribution in [0.2, 0.25) is 0 Å². The minimum atomic E-state index is -3.45. The molecule has 2 heterocycles. The predicted molar refractivity (Wildman–Crippen MR) is 76.4 cm³/mol. The van der Waals surface area contributed by atoms with Gasteiger partial charge in [-0.05, 0) is 24.1 Å². The van der Waals surface area contributed by atoms with E-state index < -0.39 is 10.0 Å². The van der Waals surface area contributed by atoms with Crippen LogP contribution in [0.4, 0.5) is 5.82 Å². The largest absolute Gasteiger partial charge is 0.326 e.